The van der Waals surface area contributed by atoms with E-state index in [1.807, 2.05) is 60.7 Å². The van der Waals surface area contributed by atoms with E-state index >= 15 is 0 Å². The van der Waals surface area contributed by atoms with Crippen LogP contribution in [0.1, 0.15) is 21.7 Å². The van der Waals surface area contributed by atoms with Gasteiger partial charge in [-0.1, -0.05) is 60.1 Å². The van der Waals surface area contributed by atoms with E-state index in [0.717, 1.165) is 5.56 Å². The number of amides is 1. The Labute approximate surface area is 200 Å². The second kappa shape index (κ2) is 8.84. The van der Waals surface area contributed by atoms with E-state index in [9.17, 15) is 14.7 Å². The molecule has 0 aliphatic carbocycles. The van der Waals surface area contributed by atoms with Crippen molar-refractivity contribution in [2.45, 2.75) is 0 Å². The lowest BCUT2D eigenvalue weighted by atomic mass is 10.0. The van der Waals surface area contributed by atoms with E-state index in [2.05, 4.69) is 5.10 Å². The number of anilines is 1. The van der Waals surface area contributed by atoms with Gasteiger partial charge >= 0.3 is 5.97 Å². The molecular weight excluding hydrogens is 452 g/mol. The minimum Gasteiger partial charge on any atom is -0.478 e. The second-order valence-corrected chi connectivity index (χ2v) is 7.96. The molecule has 0 fully saturated rings. The Hall–Kier alpha value is -4.42. The predicted octanol–water partition coefficient (Wildman–Crippen LogP) is 6.13. The molecule has 0 bridgehead atoms. The Bertz CT molecular complexity index is 1460. The molecule has 0 radical (unpaired) electrons. The maximum Gasteiger partial charge on any atom is 0.336 e. The summed E-state index contributed by atoms with van der Waals surface area (Å²) >= 11 is 6.08. The van der Waals surface area contributed by atoms with Crippen LogP contribution in [0.25, 0.3) is 17.4 Å². The normalized spacial score (nSPS) is 14.5. The monoisotopic (exact) mass is 468 g/mol. The first-order valence-electron chi connectivity index (χ1n) is 10.4. The lowest BCUT2D eigenvalue weighted by molar-refractivity contribution is -0.114. The quantitative estimate of drug-likeness (QED) is 0.357. The maximum atomic E-state index is 13.4. The topological polar surface area (TPSA) is 83.1 Å². The van der Waals surface area contributed by atoms with Gasteiger partial charge in [0, 0.05) is 16.1 Å². The number of carbonyl (C=O) groups is 2. The van der Waals surface area contributed by atoms with Crippen LogP contribution in [0, 0.1) is 0 Å². The number of para-hydroxylation sites is 1. The van der Waals surface area contributed by atoms with E-state index in [4.69, 9.17) is 16.0 Å². The molecule has 1 aliphatic rings. The summed E-state index contributed by atoms with van der Waals surface area (Å²) in [5, 5.41) is 15.9. The average Bonchev–Trinajstić information content (AvgIpc) is 3.45. The zero-order valence-electron chi connectivity index (χ0n) is 17.7. The second-order valence-electron chi connectivity index (χ2n) is 7.52. The zero-order valence-corrected chi connectivity index (χ0v) is 18.4. The van der Waals surface area contributed by atoms with E-state index in [-0.39, 0.29) is 11.5 Å². The van der Waals surface area contributed by atoms with Gasteiger partial charge in [-0.2, -0.15) is 10.1 Å². The fourth-order valence-electron chi connectivity index (χ4n) is 3.72. The molecule has 1 N–H and O–H groups in total. The van der Waals surface area contributed by atoms with Crippen molar-refractivity contribution in [2.24, 2.45) is 5.10 Å². The van der Waals surface area contributed by atoms with Gasteiger partial charge in [-0.15, -0.1) is 0 Å². The van der Waals surface area contributed by atoms with Crippen molar-refractivity contribution in [3.8, 4) is 11.3 Å². The first-order chi connectivity index (χ1) is 16.5. The van der Waals surface area contributed by atoms with Crippen LogP contribution in [0.5, 0.6) is 0 Å². The van der Waals surface area contributed by atoms with Gasteiger partial charge in [0.2, 0.25) is 0 Å². The van der Waals surface area contributed by atoms with Gasteiger partial charge in [0.15, 0.2) is 0 Å². The number of carboxylic acid groups (broad SMARTS) is 1. The van der Waals surface area contributed by atoms with Crippen molar-refractivity contribution in [3.63, 3.8) is 0 Å². The summed E-state index contributed by atoms with van der Waals surface area (Å²) in [5.41, 5.74) is 2.73. The largest absolute Gasteiger partial charge is 0.478 e. The molecule has 1 amide bonds. The van der Waals surface area contributed by atoms with Gasteiger partial charge in [0.05, 0.1) is 16.8 Å². The number of rotatable bonds is 5. The van der Waals surface area contributed by atoms with E-state index < -0.39 is 5.97 Å². The van der Waals surface area contributed by atoms with Gasteiger partial charge in [0.25, 0.3) is 5.91 Å². The van der Waals surface area contributed by atoms with E-state index in [0.29, 0.717) is 39.1 Å². The van der Waals surface area contributed by atoms with E-state index in [1.54, 1.807) is 18.2 Å². The predicted molar refractivity (Wildman–Crippen MR) is 131 cm³/mol. The lowest BCUT2D eigenvalue weighted by Crippen LogP contribution is -2.21. The fraction of sp³-hybridized carbons (Fsp3) is 0. The summed E-state index contributed by atoms with van der Waals surface area (Å²) in [6.45, 7) is 0. The van der Waals surface area contributed by atoms with Gasteiger partial charge < -0.3 is 9.52 Å². The molecule has 5 rings (SSSR count). The standard InChI is InChI=1S/C27H17ClN2O4/c28-18-11-13-21(27(32)33)22(15-18)24-14-12-20(34-24)16-23-25(17-7-3-1-4-8-17)29-30(26(23)31)19-9-5-2-6-10-19/h1-16H,(H,32,33)/b23-16+. The lowest BCUT2D eigenvalue weighted by Gasteiger charge is -2.10. The molecule has 7 heteroatoms. The molecular formula is C27H17ClN2O4. The number of hydrogen-bond acceptors (Lipinski definition) is 4. The summed E-state index contributed by atoms with van der Waals surface area (Å²) in [4.78, 5) is 25.0. The third-order valence-electron chi connectivity index (χ3n) is 5.32. The van der Waals surface area contributed by atoms with Crippen LogP contribution in [-0.4, -0.2) is 22.7 Å². The molecule has 0 atom stereocenters. The van der Waals surface area contributed by atoms with Gasteiger partial charge in [0.1, 0.15) is 17.2 Å². The minimum absolute atomic E-state index is 0.0664. The molecule has 0 saturated heterocycles. The van der Waals surface area contributed by atoms with Crippen LogP contribution in [0.15, 0.2) is 106 Å². The third kappa shape index (κ3) is 4.02. The zero-order chi connectivity index (χ0) is 23.7. The number of hydrogen-bond donors (Lipinski definition) is 1. The molecule has 0 saturated carbocycles. The summed E-state index contributed by atoms with van der Waals surface area (Å²) in [6.07, 6.45) is 1.62. The SMILES string of the molecule is O=C(O)c1ccc(Cl)cc1-c1ccc(/C=C2/C(=O)N(c3ccccc3)N=C2c2ccccc2)o1. The van der Waals surface area contributed by atoms with Crippen molar-refractivity contribution < 1.29 is 19.1 Å². The molecule has 0 unspecified atom stereocenters. The van der Waals surface area contributed by atoms with Gasteiger partial charge in [-0.3, -0.25) is 4.79 Å². The van der Waals surface area contributed by atoms with Crippen LogP contribution < -0.4 is 5.01 Å². The third-order valence-corrected chi connectivity index (χ3v) is 5.55. The molecule has 4 aromatic rings. The Morgan fingerprint density at radius 1 is 0.941 bits per heavy atom. The number of carboxylic acids is 1. The number of furan rings is 1. The van der Waals surface area contributed by atoms with Gasteiger partial charge in [-0.05, 0) is 48.5 Å². The average molecular weight is 469 g/mol. The van der Waals surface area contributed by atoms with Crippen molar-refractivity contribution in [1.29, 1.82) is 0 Å². The number of carbonyl (C=O) groups excluding carboxylic acids is 1. The highest BCUT2D eigenvalue weighted by molar-refractivity contribution is 6.37. The number of nitrogens with zero attached hydrogens (tertiary/aromatic N) is 2. The highest BCUT2D eigenvalue weighted by Gasteiger charge is 2.32. The Balaban J connectivity index is 1.58. The number of halogens is 1. The van der Waals surface area contributed by atoms with Crippen molar-refractivity contribution >= 4 is 41.0 Å². The fourth-order valence-corrected chi connectivity index (χ4v) is 3.89. The summed E-state index contributed by atoms with van der Waals surface area (Å²) in [7, 11) is 0. The Morgan fingerprint density at radius 2 is 1.65 bits per heavy atom. The summed E-state index contributed by atoms with van der Waals surface area (Å²) in [5.74, 6) is -0.675. The summed E-state index contributed by atoms with van der Waals surface area (Å²) in [6, 6.07) is 26.4. The van der Waals surface area contributed by atoms with Crippen LogP contribution in [-0.2, 0) is 4.79 Å². The maximum absolute atomic E-state index is 13.4. The highest BCUT2D eigenvalue weighted by Crippen LogP contribution is 2.32. The van der Waals surface area contributed by atoms with Crippen molar-refractivity contribution in [1.82, 2.24) is 0 Å². The highest BCUT2D eigenvalue weighted by atomic mass is 35.5. The molecule has 34 heavy (non-hydrogen) atoms. The van der Waals surface area contributed by atoms with Crippen LogP contribution in [0.2, 0.25) is 5.02 Å². The van der Waals surface area contributed by atoms with Crippen LogP contribution in [0.4, 0.5) is 5.69 Å². The Morgan fingerprint density at radius 3 is 2.35 bits per heavy atom. The first-order valence-corrected chi connectivity index (χ1v) is 10.8. The van der Waals surface area contributed by atoms with Gasteiger partial charge in [-0.25, -0.2) is 4.79 Å². The summed E-state index contributed by atoms with van der Waals surface area (Å²) < 4.78 is 5.93. The van der Waals surface area contributed by atoms with Crippen molar-refractivity contribution in [2.75, 3.05) is 5.01 Å². The smallest absolute Gasteiger partial charge is 0.336 e. The number of hydrazone groups is 1. The minimum atomic E-state index is -1.09. The van der Waals surface area contributed by atoms with Crippen LogP contribution >= 0.6 is 11.6 Å². The molecule has 3 aromatic carbocycles. The molecule has 1 aliphatic heterocycles. The molecule has 6 nitrogen and oxygen atoms in total. The van der Waals surface area contributed by atoms with Crippen molar-refractivity contribution in [3.05, 3.63) is 118 Å². The molecule has 0 spiro atoms. The van der Waals surface area contributed by atoms with E-state index in [1.165, 1.54) is 23.2 Å². The van der Waals surface area contributed by atoms with Crippen LogP contribution in [0.3, 0.4) is 0 Å². The molecule has 166 valence electrons. The molecule has 1 aromatic heterocycles. The first kappa shape index (κ1) is 21.4. The Kier molecular flexibility index (Phi) is 5.57. The molecule has 2 heterocycles. The number of benzene rings is 3. The number of aromatic carboxylic acids is 1.